The normalized spacial score (nSPS) is 13.9. The summed E-state index contributed by atoms with van der Waals surface area (Å²) in [5.41, 5.74) is 13.2. The van der Waals surface area contributed by atoms with Gasteiger partial charge < -0.3 is 0 Å². The third-order valence-electron chi connectivity index (χ3n) is 5.67. The Kier molecular flexibility index (Phi) is 6.26. The number of aryl methyl sites for hydroxylation is 1. The van der Waals surface area contributed by atoms with Gasteiger partial charge in [-0.05, 0) is 77.1 Å². The third kappa shape index (κ3) is 3.54. The predicted molar refractivity (Wildman–Crippen MR) is 118 cm³/mol. The smallest absolute Gasteiger partial charge is 0 e. The van der Waals surface area contributed by atoms with Crippen LogP contribution >= 0.6 is 0 Å². The molecule has 124 valence electrons. The maximum Gasteiger partial charge on any atom is 0 e. The van der Waals surface area contributed by atoms with Gasteiger partial charge in [0, 0.05) is 37.7 Å². The molecular formula is C25H22Li2. The van der Waals surface area contributed by atoms with E-state index in [4.69, 9.17) is 0 Å². The van der Waals surface area contributed by atoms with E-state index in [1.807, 2.05) is 0 Å². The fourth-order valence-electron chi connectivity index (χ4n) is 4.61. The van der Waals surface area contributed by atoms with Gasteiger partial charge >= 0.3 is 0 Å². The molecule has 0 fully saturated rings. The molecule has 0 amide bonds. The molecule has 2 radical (unpaired) electrons. The van der Waals surface area contributed by atoms with Crippen LogP contribution in [0.3, 0.4) is 0 Å². The molecular weight excluding hydrogens is 314 g/mol. The van der Waals surface area contributed by atoms with Crippen molar-refractivity contribution in [3.05, 3.63) is 88.5 Å². The van der Waals surface area contributed by atoms with Crippen LogP contribution in [0.25, 0.3) is 28.3 Å². The largest absolute Gasteiger partial charge is 0.0683 e. The molecule has 0 N–H and O–H groups in total. The number of hydrogen-bond acceptors (Lipinski definition) is 0. The zero-order valence-corrected chi connectivity index (χ0v) is 16.7. The van der Waals surface area contributed by atoms with Gasteiger partial charge in [-0.3, -0.25) is 0 Å². The van der Waals surface area contributed by atoms with Crippen molar-refractivity contribution in [2.75, 3.05) is 0 Å². The van der Waals surface area contributed by atoms with Gasteiger partial charge in [0.25, 0.3) is 0 Å². The number of hydrogen-bond donors (Lipinski definition) is 0. The average molecular weight is 336 g/mol. The van der Waals surface area contributed by atoms with Crippen molar-refractivity contribution >= 4 is 43.8 Å². The summed E-state index contributed by atoms with van der Waals surface area (Å²) in [4.78, 5) is 0. The molecule has 0 spiro atoms. The van der Waals surface area contributed by atoms with E-state index in [9.17, 15) is 0 Å². The summed E-state index contributed by atoms with van der Waals surface area (Å²) in [6.07, 6.45) is 7.28. The average Bonchev–Trinajstić information content (AvgIpc) is 3.25. The Hall–Kier alpha value is -1.41. The Morgan fingerprint density at radius 2 is 1.44 bits per heavy atom. The summed E-state index contributed by atoms with van der Waals surface area (Å²) in [5.74, 6) is 0. The summed E-state index contributed by atoms with van der Waals surface area (Å²) >= 11 is 0. The molecule has 0 unspecified atom stereocenters. The van der Waals surface area contributed by atoms with Crippen LogP contribution in [0.15, 0.2) is 66.2 Å². The SMILES string of the molecule is CC1=Cc2c(cc3c(c2-c2ccccc2-c2ccccc2)CCC3)C1.[Li].[Li]. The van der Waals surface area contributed by atoms with Gasteiger partial charge in [0.2, 0.25) is 0 Å². The van der Waals surface area contributed by atoms with Gasteiger partial charge in [0.1, 0.15) is 0 Å². The predicted octanol–water partition coefficient (Wildman–Crippen LogP) is 5.71. The quantitative estimate of drug-likeness (QED) is 0.526. The molecule has 0 aromatic heterocycles. The van der Waals surface area contributed by atoms with Gasteiger partial charge in [-0.1, -0.05) is 72.3 Å². The minimum atomic E-state index is 0. The van der Waals surface area contributed by atoms with E-state index in [-0.39, 0.29) is 37.7 Å². The van der Waals surface area contributed by atoms with Crippen LogP contribution in [-0.2, 0) is 19.3 Å². The molecule has 3 aromatic rings. The molecule has 0 saturated heterocycles. The Morgan fingerprint density at radius 1 is 0.741 bits per heavy atom. The Balaban J connectivity index is 0.00000105. The van der Waals surface area contributed by atoms with E-state index in [1.165, 1.54) is 58.2 Å². The minimum Gasteiger partial charge on any atom is -0.0683 e. The topological polar surface area (TPSA) is 0 Å². The number of allylic oxidation sites excluding steroid dienone is 1. The number of benzene rings is 3. The summed E-state index contributed by atoms with van der Waals surface area (Å²) in [6, 6.07) is 22.2. The van der Waals surface area contributed by atoms with Crippen LogP contribution in [0.5, 0.6) is 0 Å². The fraction of sp³-hybridized carbons (Fsp3) is 0.200. The van der Waals surface area contributed by atoms with Crippen molar-refractivity contribution in [2.24, 2.45) is 0 Å². The molecule has 0 saturated carbocycles. The molecule has 27 heavy (non-hydrogen) atoms. The Morgan fingerprint density at radius 3 is 2.22 bits per heavy atom. The summed E-state index contributed by atoms with van der Waals surface area (Å²) in [7, 11) is 0. The monoisotopic (exact) mass is 336 g/mol. The first kappa shape index (κ1) is 20.3. The first-order valence-electron chi connectivity index (χ1n) is 9.31. The van der Waals surface area contributed by atoms with Gasteiger partial charge in [0.05, 0.1) is 0 Å². The first-order valence-corrected chi connectivity index (χ1v) is 9.31. The maximum atomic E-state index is 2.49. The van der Waals surface area contributed by atoms with Crippen molar-refractivity contribution in [3.63, 3.8) is 0 Å². The van der Waals surface area contributed by atoms with Crippen molar-refractivity contribution in [1.29, 1.82) is 0 Å². The van der Waals surface area contributed by atoms with E-state index in [0.29, 0.717) is 0 Å². The summed E-state index contributed by atoms with van der Waals surface area (Å²) in [6.45, 7) is 2.26. The summed E-state index contributed by atoms with van der Waals surface area (Å²) < 4.78 is 0. The molecule has 0 aliphatic heterocycles. The third-order valence-corrected chi connectivity index (χ3v) is 5.67. The summed E-state index contributed by atoms with van der Waals surface area (Å²) in [5, 5.41) is 0. The molecule has 2 heteroatoms. The van der Waals surface area contributed by atoms with Crippen LogP contribution in [-0.4, -0.2) is 37.7 Å². The molecule has 0 atom stereocenters. The Bertz CT molecular complexity index is 1000. The van der Waals surface area contributed by atoms with Crippen molar-refractivity contribution in [1.82, 2.24) is 0 Å². The molecule has 0 nitrogen and oxygen atoms in total. The fourth-order valence-corrected chi connectivity index (χ4v) is 4.61. The molecule has 3 aromatic carbocycles. The number of rotatable bonds is 2. The second-order valence-corrected chi connectivity index (χ2v) is 7.39. The first-order chi connectivity index (χ1) is 12.3. The zero-order valence-electron chi connectivity index (χ0n) is 16.7. The van der Waals surface area contributed by atoms with Gasteiger partial charge in [-0.15, -0.1) is 0 Å². The van der Waals surface area contributed by atoms with Gasteiger partial charge in [-0.25, -0.2) is 0 Å². The maximum absolute atomic E-state index is 2.49. The standard InChI is InChI=1S/C25H22.2Li/c1-17-14-20-16-19-10-7-13-22(19)25(24(20)15-17)23-12-6-5-11-21(23)18-8-3-2-4-9-18;;/h2-6,8-9,11-12,15-16H,7,10,13-14H2,1H3;;. The van der Waals surface area contributed by atoms with Crippen molar-refractivity contribution in [2.45, 2.75) is 32.6 Å². The molecule has 2 aliphatic rings. The Labute approximate surface area is 186 Å². The van der Waals surface area contributed by atoms with E-state index in [1.54, 1.807) is 11.1 Å². The number of fused-ring (bicyclic) bond motifs is 2. The van der Waals surface area contributed by atoms with E-state index in [0.717, 1.165) is 6.42 Å². The molecule has 5 rings (SSSR count). The molecule has 0 bridgehead atoms. The van der Waals surface area contributed by atoms with Crippen LogP contribution < -0.4 is 0 Å². The second-order valence-electron chi connectivity index (χ2n) is 7.39. The zero-order chi connectivity index (χ0) is 16.8. The minimum absolute atomic E-state index is 0. The van der Waals surface area contributed by atoms with Gasteiger partial charge in [0.15, 0.2) is 0 Å². The van der Waals surface area contributed by atoms with Crippen molar-refractivity contribution in [3.8, 4) is 22.3 Å². The van der Waals surface area contributed by atoms with Crippen molar-refractivity contribution < 1.29 is 0 Å². The second kappa shape index (κ2) is 8.31. The van der Waals surface area contributed by atoms with E-state index in [2.05, 4.69) is 73.7 Å². The van der Waals surface area contributed by atoms with Crippen LogP contribution in [0, 0.1) is 0 Å². The van der Waals surface area contributed by atoms with Crippen LogP contribution in [0.1, 0.15) is 35.6 Å². The van der Waals surface area contributed by atoms with E-state index >= 15 is 0 Å². The molecule has 0 heterocycles. The van der Waals surface area contributed by atoms with Crippen LogP contribution in [0.2, 0.25) is 0 Å². The van der Waals surface area contributed by atoms with E-state index < -0.39 is 0 Å². The molecule has 2 aliphatic carbocycles. The van der Waals surface area contributed by atoms with Crippen LogP contribution in [0.4, 0.5) is 0 Å². The van der Waals surface area contributed by atoms with Gasteiger partial charge in [-0.2, -0.15) is 0 Å².